The summed E-state index contributed by atoms with van der Waals surface area (Å²) in [6.07, 6.45) is 0. The molecule has 0 aromatic rings. The van der Waals surface area contributed by atoms with Crippen LogP contribution in [0.15, 0.2) is 0 Å². The summed E-state index contributed by atoms with van der Waals surface area (Å²) in [5, 5.41) is -0.480. The average molecular weight is 252 g/mol. The summed E-state index contributed by atoms with van der Waals surface area (Å²) >= 11 is 16.3. The Hall–Kier alpha value is 2.35. The molecule has 7 heteroatoms. The monoisotopic (exact) mass is 252 g/mol. The molecule has 0 aromatic carbocycles. The van der Waals surface area contributed by atoms with E-state index in [0.29, 0.717) is 0 Å². The Balaban J connectivity index is 2.41. The third-order valence-corrected chi connectivity index (χ3v) is 35.6. The van der Waals surface area contributed by atoms with Crippen LogP contribution < -0.4 is 0 Å². The lowest BCUT2D eigenvalue weighted by Gasteiger charge is -2.28. The highest BCUT2D eigenvalue weighted by Gasteiger charge is 2.31. The van der Waals surface area contributed by atoms with Crippen molar-refractivity contribution in [2.75, 3.05) is 5.75 Å². The smallest absolute Gasteiger partial charge is 0.104 e. The van der Waals surface area contributed by atoms with Gasteiger partial charge in [0.15, 0.2) is 0 Å². The van der Waals surface area contributed by atoms with E-state index in [-0.39, 0.29) is 0 Å². The zero-order valence-electron chi connectivity index (χ0n) is 4.70. The number of hydrogen-bond donors (Lipinski definition) is 0. The molecule has 1 saturated heterocycles. The third kappa shape index (κ3) is 2.70. The van der Waals surface area contributed by atoms with Gasteiger partial charge >= 0.3 is 0 Å². The van der Waals surface area contributed by atoms with Gasteiger partial charge in [0.05, 0.1) is 5.10 Å². The van der Waals surface area contributed by atoms with E-state index in [1.54, 1.807) is 0 Å². The third-order valence-electron chi connectivity index (χ3n) is 0.660. The van der Waals surface area contributed by atoms with E-state index in [9.17, 15) is 0 Å². The molecule has 0 N–H and O–H groups in total. The first kappa shape index (κ1) is 9.44. The van der Waals surface area contributed by atoms with Gasteiger partial charge in [0.1, 0.15) is 3.64 Å². The van der Waals surface area contributed by atoms with Crippen LogP contribution in [-0.4, -0.2) is 5.75 Å². The molecule has 0 spiro atoms. The van der Waals surface area contributed by atoms with Gasteiger partial charge in [-0.25, -0.2) is 0 Å². The summed E-state index contributed by atoms with van der Waals surface area (Å²) in [7, 11) is 0. The highest BCUT2D eigenvalue weighted by atomic mass is 33.8. The Morgan fingerprint density at radius 2 is 2.22 bits per heavy atom. The van der Waals surface area contributed by atoms with Gasteiger partial charge < -0.3 is 0 Å². The summed E-state index contributed by atoms with van der Waals surface area (Å²) < 4.78 is -1.02. The Labute approximate surface area is 77.9 Å². The highest BCUT2D eigenvalue weighted by molar-refractivity contribution is 9.53. The van der Waals surface area contributed by atoms with Crippen molar-refractivity contribution >= 4 is 65.7 Å². The number of hydrogen-bond acceptors (Lipinski definition) is 5. The molecule has 1 heterocycles. The molecule has 1 aliphatic rings. The maximum absolute atomic E-state index is 5.37. The van der Waals surface area contributed by atoms with Gasteiger partial charge in [-0.1, -0.05) is 52.5 Å². The molecule has 0 bridgehead atoms. The molecule has 0 radical (unpaired) electrons. The van der Waals surface area contributed by atoms with E-state index in [4.69, 9.17) is 23.6 Å². The van der Waals surface area contributed by atoms with Crippen molar-refractivity contribution in [2.45, 2.75) is 6.92 Å². The van der Waals surface area contributed by atoms with Gasteiger partial charge in [-0.2, -0.15) is 0 Å². The van der Waals surface area contributed by atoms with Crippen LogP contribution in [0.25, 0.3) is 0 Å². The van der Waals surface area contributed by atoms with Gasteiger partial charge in [0.25, 0.3) is 0 Å². The standard InChI is InChI=1S/C2H6P2S5/c1-2-7-4(6)8-3(5)9-4/h3H,2H2,1H3. The first-order chi connectivity index (χ1) is 4.16. The van der Waals surface area contributed by atoms with Crippen molar-refractivity contribution in [3.05, 3.63) is 0 Å². The summed E-state index contributed by atoms with van der Waals surface area (Å²) in [4.78, 5) is 0. The van der Waals surface area contributed by atoms with Gasteiger partial charge in [-0.3, -0.25) is 0 Å². The van der Waals surface area contributed by atoms with Crippen molar-refractivity contribution in [3.8, 4) is 0 Å². The van der Waals surface area contributed by atoms with Gasteiger partial charge in [0.2, 0.25) is 0 Å². The molecular weight excluding hydrogens is 246 g/mol. The Bertz CT molecular complexity index is 164. The van der Waals surface area contributed by atoms with E-state index < -0.39 is 8.74 Å². The van der Waals surface area contributed by atoms with E-state index in [1.807, 2.05) is 33.4 Å². The minimum absolute atomic E-state index is 0.480. The van der Waals surface area contributed by atoms with Crippen molar-refractivity contribution in [3.63, 3.8) is 0 Å². The van der Waals surface area contributed by atoms with Crippen molar-refractivity contribution in [1.29, 1.82) is 0 Å². The van der Waals surface area contributed by atoms with Gasteiger partial charge in [-0.15, -0.1) is 11.4 Å². The zero-order chi connectivity index (χ0) is 6.91. The highest BCUT2D eigenvalue weighted by Crippen LogP contribution is 3.01. The van der Waals surface area contributed by atoms with Crippen LogP contribution >= 0.6 is 42.1 Å². The molecule has 0 saturated carbocycles. The quantitative estimate of drug-likeness (QED) is 0.680. The predicted molar refractivity (Wildman–Crippen MR) is 63.3 cm³/mol. The Morgan fingerprint density at radius 3 is 2.56 bits per heavy atom. The predicted octanol–water partition coefficient (Wildman–Crippen LogP) is 3.95. The zero-order valence-corrected chi connectivity index (χ0v) is 10.7. The lowest BCUT2D eigenvalue weighted by Crippen LogP contribution is -1.67. The Kier molecular flexibility index (Phi) is 4.03. The second kappa shape index (κ2) is 3.84. The normalized spacial score (nSPS) is 42.1. The summed E-state index contributed by atoms with van der Waals surface area (Å²) in [5.41, 5.74) is 0. The molecule has 0 unspecified atom stereocenters. The van der Waals surface area contributed by atoms with Gasteiger partial charge in [0, 0.05) is 0 Å². The van der Waals surface area contributed by atoms with Crippen LogP contribution in [0.3, 0.4) is 0 Å². The molecule has 0 atom stereocenters. The van der Waals surface area contributed by atoms with Crippen LogP contribution in [0.5, 0.6) is 0 Å². The summed E-state index contributed by atoms with van der Waals surface area (Å²) in [6.45, 7) is 2.16. The molecular formula is C2H6P2S5. The Morgan fingerprint density at radius 1 is 1.67 bits per heavy atom. The lowest BCUT2D eigenvalue weighted by atomic mass is 11.0. The maximum Gasteiger partial charge on any atom is 0.119 e. The topological polar surface area (TPSA) is 0 Å². The van der Waals surface area contributed by atoms with Crippen molar-refractivity contribution < 1.29 is 0 Å². The van der Waals surface area contributed by atoms with Crippen LogP contribution in [0.4, 0.5) is 0 Å². The van der Waals surface area contributed by atoms with E-state index in [2.05, 4.69) is 6.92 Å². The lowest BCUT2D eigenvalue weighted by molar-refractivity contribution is 1.54. The van der Waals surface area contributed by atoms with E-state index in [1.165, 1.54) is 0 Å². The molecule has 0 nitrogen and oxygen atoms in total. The second-order valence-corrected chi connectivity index (χ2v) is 25.8. The SMILES string of the molecule is CCSP1(=S)S[PH](=S)S1. The van der Waals surface area contributed by atoms with E-state index in [0.717, 1.165) is 5.75 Å². The van der Waals surface area contributed by atoms with Crippen molar-refractivity contribution in [1.82, 2.24) is 0 Å². The molecule has 1 fully saturated rings. The average Bonchev–Trinajstić information content (AvgIpc) is 1.62. The number of rotatable bonds is 2. The summed E-state index contributed by atoms with van der Waals surface area (Å²) in [6, 6.07) is 0. The van der Waals surface area contributed by atoms with Gasteiger partial charge in [-0.05, 0) is 5.75 Å². The van der Waals surface area contributed by atoms with Crippen LogP contribution in [0, 0.1) is 0 Å². The molecule has 0 aromatic heterocycles. The largest absolute Gasteiger partial charge is 0.119 e. The van der Waals surface area contributed by atoms with Crippen LogP contribution in [-0.2, 0) is 23.6 Å². The minimum Gasteiger partial charge on any atom is -0.104 e. The molecule has 1 aliphatic heterocycles. The summed E-state index contributed by atoms with van der Waals surface area (Å²) in [5.74, 6) is 1.15. The van der Waals surface area contributed by atoms with Crippen LogP contribution in [0.1, 0.15) is 6.92 Å². The molecule has 0 aliphatic carbocycles. The van der Waals surface area contributed by atoms with E-state index >= 15 is 0 Å². The molecule has 54 valence electrons. The minimum atomic E-state index is -1.02. The molecule has 9 heavy (non-hydrogen) atoms. The molecule has 1 rings (SSSR count). The maximum atomic E-state index is 5.37. The van der Waals surface area contributed by atoms with Crippen molar-refractivity contribution in [2.24, 2.45) is 0 Å². The first-order valence-corrected chi connectivity index (χ1v) is 13.7. The molecule has 0 amide bonds. The first-order valence-electron chi connectivity index (χ1n) is 2.34. The fourth-order valence-corrected chi connectivity index (χ4v) is 48.5. The fourth-order valence-electron chi connectivity index (χ4n) is 0.400. The second-order valence-electron chi connectivity index (χ2n) is 1.30. The fraction of sp³-hybridized carbons (Fsp3) is 1.00. The van der Waals surface area contributed by atoms with Crippen LogP contribution in [0.2, 0.25) is 0 Å².